The molecule has 3 heterocycles. The van der Waals surface area contributed by atoms with E-state index in [0.717, 1.165) is 41.2 Å². The Labute approximate surface area is 164 Å². The van der Waals surface area contributed by atoms with Crippen LogP contribution < -0.4 is 15.5 Å². The number of nitrogens with one attached hydrogen (secondary N) is 2. The summed E-state index contributed by atoms with van der Waals surface area (Å²) in [6, 6.07) is 12.8. The van der Waals surface area contributed by atoms with Crippen molar-refractivity contribution < 1.29 is 4.79 Å². The number of hydrogen-bond acceptors (Lipinski definition) is 4. The van der Waals surface area contributed by atoms with E-state index >= 15 is 0 Å². The normalized spacial score (nSPS) is 18.1. The lowest BCUT2D eigenvalue weighted by atomic mass is 10.0. The van der Waals surface area contributed by atoms with Gasteiger partial charge in [-0.1, -0.05) is 18.2 Å². The number of carbonyl (C=O) groups excluding carboxylic acids is 1. The van der Waals surface area contributed by atoms with Gasteiger partial charge in [-0.15, -0.1) is 0 Å². The number of fused-ring (bicyclic) bond motifs is 2. The molecular weight excluding hydrogens is 350 g/mol. The van der Waals surface area contributed by atoms with Crippen LogP contribution in [0.3, 0.4) is 0 Å². The van der Waals surface area contributed by atoms with Crippen LogP contribution in [0, 0.1) is 0 Å². The fourth-order valence-electron chi connectivity index (χ4n) is 4.18. The zero-order chi connectivity index (χ0) is 19.3. The molecular formula is C22H23N5O. The van der Waals surface area contributed by atoms with E-state index in [4.69, 9.17) is 0 Å². The Hall–Kier alpha value is -3.28. The molecule has 2 aliphatic heterocycles. The molecule has 1 amide bonds. The number of nitrogens with zero attached hydrogens (tertiary/aromatic N) is 3. The molecule has 2 N–H and O–H groups in total. The SMILES string of the molecule is C[C@@H]1CC(=O)Nc2cccc(N3CCc4ccc(-c5cnn(C)c5)cc43)c2N1. The first-order valence-corrected chi connectivity index (χ1v) is 9.67. The lowest BCUT2D eigenvalue weighted by Crippen LogP contribution is -2.20. The van der Waals surface area contributed by atoms with E-state index in [1.807, 2.05) is 43.2 Å². The summed E-state index contributed by atoms with van der Waals surface area (Å²) in [5, 5.41) is 10.9. The third-order valence-corrected chi connectivity index (χ3v) is 5.51. The molecule has 6 heteroatoms. The number of rotatable bonds is 2. The van der Waals surface area contributed by atoms with Gasteiger partial charge in [0, 0.05) is 43.5 Å². The van der Waals surface area contributed by atoms with E-state index in [9.17, 15) is 4.79 Å². The molecule has 0 bridgehead atoms. The van der Waals surface area contributed by atoms with Gasteiger partial charge in [0.25, 0.3) is 0 Å². The number of amides is 1. The first kappa shape index (κ1) is 16.9. The predicted molar refractivity (Wildman–Crippen MR) is 112 cm³/mol. The van der Waals surface area contributed by atoms with Gasteiger partial charge in [0.15, 0.2) is 0 Å². The van der Waals surface area contributed by atoms with E-state index in [0.29, 0.717) is 6.42 Å². The maximum atomic E-state index is 12.1. The van der Waals surface area contributed by atoms with E-state index in [1.165, 1.54) is 11.3 Å². The minimum absolute atomic E-state index is 0.0524. The smallest absolute Gasteiger partial charge is 0.226 e. The van der Waals surface area contributed by atoms with Crippen molar-refractivity contribution in [1.82, 2.24) is 9.78 Å². The Morgan fingerprint density at radius 3 is 2.86 bits per heavy atom. The molecule has 0 saturated heterocycles. The monoisotopic (exact) mass is 373 g/mol. The van der Waals surface area contributed by atoms with Gasteiger partial charge in [0.2, 0.25) is 5.91 Å². The molecule has 1 aromatic heterocycles. The van der Waals surface area contributed by atoms with Crippen molar-refractivity contribution in [2.45, 2.75) is 25.8 Å². The summed E-state index contributed by atoms with van der Waals surface area (Å²) < 4.78 is 1.82. The molecule has 2 aromatic carbocycles. The van der Waals surface area contributed by atoms with Crippen LogP contribution in [0.15, 0.2) is 48.8 Å². The maximum absolute atomic E-state index is 12.1. The van der Waals surface area contributed by atoms with E-state index in [1.54, 1.807) is 0 Å². The summed E-state index contributed by atoms with van der Waals surface area (Å²) >= 11 is 0. The molecule has 0 unspecified atom stereocenters. The van der Waals surface area contributed by atoms with Gasteiger partial charge in [0.05, 0.1) is 23.3 Å². The van der Waals surface area contributed by atoms with Crippen molar-refractivity contribution in [3.05, 3.63) is 54.4 Å². The highest BCUT2D eigenvalue weighted by molar-refractivity contribution is 6.00. The Bertz CT molecular complexity index is 1070. The van der Waals surface area contributed by atoms with Gasteiger partial charge in [-0.2, -0.15) is 5.10 Å². The predicted octanol–water partition coefficient (Wildman–Crippen LogP) is 3.92. The van der Waals surface area contributed by atoms with Crippen molar-refractivity contribution in [3.63, 3.8) is 0 Å². The Kier molecular flexibility index (Phi) is 3.86. The lowest BCUT2D eigenvalue weighted by Gasteiger charge is -2.25. The Morgan fingerprint density at radius 1 is 1.14 bits per heavy atom. The number of carbonyl (C=O) groups is 1. The van der Waals surface area contributed by atoms with Gasteiger partial charge >= 0.3 is 0 Å². The molecule has 0 aliphatic carbocycles. The summed E-state index contributed by atoms with van der Waals surface area (Å²) in [5.74, 6) is 0.0524. The first-order chi connectivity index (χ1) is 13.6. The second-order valence-electron chi connectivity index (χ2n) is 7.65. The van der Waals surface area contributed by atoms with Crippen LogP contribution in [-0.2, 0) is 18.3 Å². The summed E-state index contributed by atoms with van der Waals surface area (Å²) in [7, 11) is 1.93. The van der Waals surface area contributed by atoms with Crippen LogP contribution in [0.4, 0.5) is 22.7 Å². The van der Waals surface area contributed by atoms with E-state index < -0.39 is 0 Å². The topological polar surface area (TPSA) is 62.2 Å². The van der Waals surface area contributed by atoms with Gasteiger partial charge < -0.3 is 15.5 Å². The zero-order valence-electron chi connectivity index (χ0n) is 16.1. The van der Waals surface area contributed by atoms with Crippen LogP contribution in [0.1, 0.15) is 18.9 Å². The maximum Gasteiger partial charge on any atom is 0.226 e. The number of aromatic nitrogens is 2. The van der Waals surface area contributed by atoms with Gasteiger partial charge in [-0.3, -0.25) is 9.48 Å². The fraction of sp³-hybridized carbons (Fsp3) is 0.273. The largest absolute Gasteiger partial charge is 0.379 e. The zero-order valence-corrected chi connectivity index (χ0v) is 16.1. The highest BCUT2D eigenvalue weighted by Crippen LogP contribution is 2.43. The molecule has 6 nitrogen and oxygen atoms in total. The molecule has 0 spiro atoms. The fourth-order valence-corrected chi connectivity index (χ4v) is 4.18. The summed E-state index contributed by atoms with van der Waals surface area (Å²) in [5.41, 5.74) is 7.80. The second-order valence-corrected chi connectivity index (χ2v) is 7.65. The van der Waals surface area contributed by atoms with Crippen LogP contribution in [0.5, 0.6) is 0 Å². The van der Waals surface area contributed by atoms with Gasteiger partial charge in [0.1, 0.15) is 0 Å². The second kappa shape index (κ2) is 6.41. The Morgan fingerprint density at radius 2 is 2.04 bits per heavy atom. The molecule has 142 valence electrons. The van der Waals surface area contributed by atoms with Crippen LogP contribution in [0.2, 0.25) is 0 Å². The van der Waals surface area contributed by atoms with Gasteiger partial charge in [-0.25, -0.2) is 0 Å². The molecule has 3 aromatic rings. The summed E-state index contributed by atoms with van der Waals surface area (Å²) in [6.45, 7) is 2.97. The number of benzene rings is 2. The van der Waals surface area contributed by atoms with Crippen molar-refractivity contribution in [2.75, 3.05) is 22.1 Å². The summed E-state index contributed by atoms with van der Waals surface area (Å²) in [4.78, 5) is 14.5. The number of hydrogen-bond donors (Lipinski definition) is 2. The molecule has 0 fully saturated rings. The standard InChI is InChI=1S/C22H23N5O/c1-14-10-21(28)25-18-4-3-5-19(22(18)24-14)27-9-8-15-6-7-16(11-20(15)27)17-12-23-26(2)13-17/h3-7,11-14,24H,8-10H2,1-2H3,(H,25,28)/t14-/m1/s1. The van der Waals surface area contributed by atoms with Crippen LogP contribution >= 0.6 is 0 Å². The highest BCUT2D eigenvalue weighted by Gasteiger charge is 2.27. The lowest BCUT2D eigenvalue weighted by molar-refractivity contribution is -0.116. The third-order valence-electron chi connectivity index (χ3n) is 5.51. The minimum atomic E-state index is 0.0524. The van der Waals surface area contributed by atoms with Crippen molar-refractivity contribution in [2.24, 2.45) is 7.05 Å². The van der Waals surface area contributed by atoms with Crippen LogP contribution in [-0.4, -0.2) is 28.3 Å². The van der Waals surface area contributed by atoms with E-state index in [-0.39, 0.29) is 11.9 Å². The number of para-hydroxylation sites is 1. The Balaban J connectivity index is 1.59. The molecule has 0 radical (unpaired) electrons. The van der Waals surface area contributed by atoms with E-state index in [2.05, 4.69) is 44.9 Å². The quantitative estimate of drug-likeness (QED) is 0.715. The number of anilines is 4. The molecule has 5 rings (SSSR count). The minimum Gasteiger partial charge on any atom is -0.379 e. The number of aryl methyl sites for hydroxylation is 1. The molecule has 0 saturated carbocycles. The molecule has 1 atom stereocenters. The first-order valence-electron chi connectivity index (χ1n) is 9.67. The molecule has 2 aliphatic rings. The highest BCUT2D eigenvalue weighted by atomic mass is 16.1. The summed E-state index contributed by atoms with van der Waals surface area (Å²) in [6.07, 6.45) is 5.41. The average molecular weight is 373 g/mol. The van der Waals surface area contributed by atoms with Crippen LogP contribution in [0.25, 0.3) is 11.1 Å². The molecule has 28 heavy (non-hydrogen) atoms. The van der Waals surface area contributed by atoms with Crippen molar-refractivity contribution in [3.8, 4) is 11.1 Å². The van der Waals surface area contributed by atoms with Crippen molar-refractivity contribution >= 4 is 28.7 Å². The van der Waals surface area contributed by atoms with Gasteiger partial charge in [-0.05, 0) is 42.7 Å². The van der Waals surface area contributed by atoms with Crippen molar-refractivity contribution in [1.29, 1.82) is 0 Å². The average Bonchev–Trinajstić information content (AvgIpc) is 3.24. The third kappa shape index (κ3) is 2.81.